The number of fused-ring (bicyclic) bond motifs is 1. The smallest absolute Gasteiger partial charge is 0.351 e. The third-order valence-electron chi connectivity index (χ3n) is 5.61. The molecule has 0 aromatic heterocycles. The number of nitrogens with zero attached hydrogens (tertiary/aromatic N) is 1. The number of amides is 2. The zero-order valence-electron chi connectivity index (χ0n) is 15.7. The number of hydrogen-bond donors (Lipinski definition) is 1. The minimum atomic E-state index is -4.54. The maximum Gasteiger partial charge on any atom is 0.416 e. The van der Waals surface area contributed by atoms with E-state index in [4.69, 9.17) is 0 Å². The summed E-state index contributed by atoms with van der Waals surface area (Å²) in [4.78, 5) is 27.4. The summed E-state index contributed by atoms with van der Waals surface area (Å²) in [6.45, 7) is 0. The molecular weight excluding hydrogens is 381 g/mol. The van der Waals surface area contributed by atoms with E-state index >= 15 is 0 Å². The topological polar surface area (TPSA) is 49.4 Å². The molecule has 1 N–H and O–H groups in total. The molecule has 1 heterocycles. The number of nitrogens with one attached hydrogen (secondary N) is 1. The van der Waals surface area contributed by atoms with Gasteiger partial charge >= 0.3 is 6.18 Å². The van der Waals surface area contributed by atoms with Crippen LogP contribution in [0.1, 0.15) is 59.6 Å². The van der Waals surface area contributed by atoms with Crippen LogP contribution in [0, 0.1) is 0 Å². The van der Waals surface area contributed by atoms with Gasteiger partial charge in [-0.15, -0.1) is 0 Å². The summed E-state index contributed by atoms with van der Waals surface area (Å²) in [7, 11) is 0. The van der Waals surface area contributed by atoms with Gasteiger partial charge < -0.3 is 5.32 Å². The molecule has 1 atom stereocenters. The number of carbonyl (C=O) groups excluding carboxylic acids is 2. The number of halogens is 3. The SMILES string of the molecule is O=C(NC1CCCCC1)C1c2ccccc2C(=O)N1c1cccc(C(F)(F)F)c1. The van der Waals surface area contributed by atoms with Crippen LogP contribution in [-0.2, 0) is 11.0 Å². The zero-order chi connectivity index (χ0) is 20.6. The van der Waals surface area contributed by atoms with Gasteiger partial charge in [0, 0.05) is 17.3 Å². The van der Waals surface area contributed by atoms with Crippen LogP contribution in [0.5, 0.6) is 0 Å². The molecule has 0 radical (unpaired) electrons. The van der Waals surface area contributed by atoms with E-state index < -0.39 is 23.7 Å². The third-order valence-corrected chi connectivity index (χ3v) is 5.61. The molecule has 1 aliphatic carbocycles. The van der Waals surface area contributed by atoms with E-state index in [1.165, 1.54) is 17.0 Å². The normalized spacial score (nSPS) is 19.9. The van der Waals surface area contributed by atoms with Crippen molar-refractivity contribution in [3.05, 3.63) is 65.2 Å². The molecule has 2 aromatic carbocycles. The number of hydrogen-bond acceptors (Lipinski definition) is 2. The van der Waals surface area contributed by atoms with Gasteiger partial charge in [0.1, 0.15) is 6.04 Å². The average molecular weight is 402 g/mol. The molecule has 1 fully saturated rings. The molecule has 152 valence electrons. The van der Waals surface area contributed by atoms with E-state index in [2.05, 4.69) is 5.32 Å². The lowest BCUT2D eigenvalue weighted by Gasteiger charge is -2.29. The Hall–Kier alpha value is -2.83. The molecular formula is C22H21F3N2O2. The standard InChI is InChI=1S/C22H21F3N2O2/c23-22(24,25)14-7-6-10-16(13-14)27-19(17-11-4-5-12-18(17)21(27)29)20(28)26-15-8-2-1-3-9-15/h4-7,10-13,15,19H,1-3,8-9H2,(H,26,28). The van der Waals surface area contributed by atoms with Gasteiger partial charge in [0.05, 0.1) is 5.56 Å². The Labute approximate surface area is 166 Å². The largest absolute Gasteiger partial charge is 0.416 e. The van der Waals surface area contributed by atoms with Crippen molar-refractivity contribution in [3.8, 4) is 0 Å². The van der Waals surface area contributed by atoms with Crippen molar-refractivity contribution >= 4 is 17.5 Å². The molecule has 7 heteroatoms. The Kier molecular flexibility index (Phi) is 5.06. The lowest BCUT2D eigenvalue weighted by Crippen LogP contribution is -2.44. The van der Waals surface area contributed by atoms with Gasteiger partial charge in [-0.1, -0.05) is 43.5 Å². The number of alkyl halides is 3. The lowest BCUT2D eigenvalue weighted by molar-refractivity contribution is -0.137. The molecule has 4 rings (SSSR count). The van der Waals surface area contributed by atoms with Gasteiger partial charge in [-0.05, 0) is 42.7 Å². The minimum Gasteiger partial charge on any atom is -0.351 e. The predicted octanol–water partition coefficient (Wildman–Crippen LogP) is 4.86. The monoisotopic (exact) mass is 402 g/mol. The molecule has 29 heavy (non-hydrogen) atoms. The highest BCUT2D eigenvalue weighted by atomic mass is 19.4. The first kappa shape index (κ1) is 19.5. The highest BCUT2D eigenvalue weighted by Crippen LogP contribution is 2.40. The molecule has 2 aromatic rings. The fraction of sp³-hybridized carbons (Fsp3) is 0.364. The summed E-state index contributed by atoms with van der Waals surface area (Å²) in [5, 5.41) is 3.01. The molecule has 2 aliphatic rings. The van der Waals surface area contributed by atoms with Crippen LogP contribution < -0.4 is 10.2 Å². The first-order valence-electron chi connectivity index (χ1n) is 9.76. The Bertz CT molecular complexity index is 936. The summed E-state index contributed by atoms with van der Waals surface area (Å²) in [6, 6.07) is 10.3. The van der Waals surface area contributed by atoms with E-state index in [9.17, 15) is 22.8 Å². The first-order valence-corrected chi connectivity index (χ1v) is 9.76. The Morgan fingerprint density at radius 2 is 1.72 bits per heavy atom. The van der Waals surface area contributed by atoms with Crippen molar-refractivity contribution in [2.75, 3.05) is 4.90 Å². The van der Waals surface area contributed by atoms with Crippen molar-refractivity contribution in [2.24, 2.45) is 0 Å². The van der Waals surface area contributed by atoms with Crippen LogP contribution in [0.2, 0.25) is 0 Å². The fourth-order valence-corrected chi connectivity index (χ4v) is 4.20. The summed E-state index contributed by atoms with van der Waals surface area (Å²) in [5.41, 5.74) is 0.0620. The summed E-state index contributed by atoms with van der Waals surface area (Å²) < 4.78 is 39.6. The molecule has 0 saturated heterocycles. The molecule has 0 spiro atoms. The van der Waals surface area contributed by atoms with Crippen LogP contribution in [0.4, 0.5) is 18.9 Å². The third kappa shape index (κ3) is 3.73. The Morgan fingerprint density at radius 3 is 2.45 bits per heavy atom. The number of benzene rings is 2. The summed E-state index contributed by atoms with van der Waals surface area (Å²) in [6.07, 6.45) is 0.402. The molecule has 0 bridgehead atoms. The lowest BCUT2D eigenvalue weighted by atomic mass is 9.95. The quantitative estimate of drug-likeness (QED) is 0.798. The van der Waals surface area contributed by atoms with Gasteiger partial charge in [0.2, 0.25) is 5.91 Å². The highest BCUT2D eigenvalue weighted by Gasteiger charge is 2.43. The van der Waals surface area contributed by atoms with Gasteiger partial charge in [-0.25, -0.2) is 0 Å². The second-order valence-electron chi connectivity index (χ2n) is 7.56. The van der Waals surface area contributed by atoms with E-state index in [1.54, 1.807) is 24.3 Å². The molecule has 1 saturated carbocycles. The minimum absolute atomic E-state index is 0.0301. The number of anilines is 1. The van der Waals surface area contributed by atoms with E-state index in [0.717, 1.165) is 44.2 Å². The van der Waals surface area contributed by atoms with E-state index in [0.29, 0.717) is 11.1 Å². The second kappa shape index (κ2) is 7.54. The van der Waals surface area contributed by atoms with Crippen molar-refractivity contribution < 1.29 is 22.8 Å². The van der Waals surface area contributed by atoms with Crippen LogP contribution in [-0.4, -0.2) is 17.9 Å². The summed E-state index contributed by atoms with van der Waals surface area (Å²) >= 11 is 0. The first-order chi connectivity index (χ1) is 13.9. The van der Waals surface area contributed by atoms with Crippen molar-refractivity contribution in [1.29, 1.82) is 0 Å². The molecule has 2 amide bonds. The van der Waals surface area contributed by atoms with E-state index in [-0.39, 0.29) is 17.6 Å². The zero-order valence-corrected chi connectivity index (χ0v) is 15.7. The van der Waals surface area contributed by atoms with Gasteiger partial charge in [-0.3, -0.25) is 14.5 Å². The molecule has 1 unspecified atom stereocenters. The Balaban J connectivity index is 1.71. The fourth-order valence-electron chi connectivity index (χ4n) is 4.20. The van der Waals surface area contributed by atoms with Crippen molar-refractivity contribution in [1.82, 2.24) is 5.32 Å². The van der Waals surface area contributed by atoms with Crippen molar-refractivity contribution in [2.45, 2.75) is 50.4 Å². The maximum atomic E-state index is 13.2. The second-order valence-corrected chi connectivity index (χ2v) is 7.56. The average Bonchev–Trinajstić information content (AvgIpc) is 3.01. The van der Waals surface area contributed by atoms with Gasteiger partial charge in [0.15, 0.2) is 0 Å². The molecule has 1 aliphatic heterocycles. The van der Waals surface area contributed by atoms with Crippen LogP contribution in [0.25, 0.3) is 0 Å². The van der Waals surface area contributed by atoms with Crippen LogP contribution in [0.15, 0.2) is 48.5 Å². The number of carbonyl (C=O) groups is 2. The summed E-state index contributed by atoms with van der Waals surface area (Å²) in [5.74, 6) is -0.823. The van der Waals surface area contributed by atoms with Gasteiger partial charge in [0.25, 0.3) is 5.91 Å². The predicted molar refractivity (Wildman–Crippen MR) is 102 cm³/mol. The van der Waals surface area contributed by atoms with Crippen molar-refractivity contribution in [3.63, 3.8) is 0 Å². The maximum absolute atomic E-state index is 13.2. The Morgan fingerprint density at radius 1 is 1.00 bits per heavy atom. The van der Waals surface area contributed by atoms with E-state index in [1.807, 2.05) is 0 Å². The molecule has 4 nitrogen and oxygen atoms in total. The van der Waals surface area contributed by atoms with Crippen LogP contribution in [0.3, 0.4) is 0 Å². The van der Waals surface area contributed by atoms with Crippen LogP contribution >= 0.6 is 0 Å². The highest BCUT2D eigenvalue weighted by molar-refractivity contribution is 6.15. The van der Waals surface area contributed by atoms with Gasteiger partial charge in [-0.2, -0.15) is 13.2 Å². The number of rotatable bonds is 3.